The third kappa shape index (κ3) is 4.13. The Morgan fingerprint density at radius 2 is 1.92 bits per heavy atom. The van der Waals surface area contributed by atoms with Crippen molar-refractivity contribution in [1.82, 2.24) is 10.1 Å². The highest BCUT2D eigenvalue weighted by molar-refractivity contribution is 6.31. The molecule has 0 N–H and O–H groups in total. The maximum Gasteiger partial charge on any atom is 0.267 e. The summed E-state index contributed by atoms with van der Waals surface area (Å²) in [5, 5.41) is 9.23. The summed E-state index contributed by atoms with van der Waals surface area (Å²) in [6, 6.07) is 14.6. The van der Waals surface area contributed by atoms with Crippen LogP contribution in [-0.2, 0) is 11.4 Å². The minimum atomic E-state index is 0.0818. The fraction of sp³-hybridized carbons (Fsp3) is 0.118. The number of oxime groups is 1. The van der Waals surface area contributed by atoms with Crippen LogP contribution in [0.1, 0.15) is 18.4 Å². The monoisotopic (exact) mass is 361 g/mol. The van der Waals surface area contributed by atoms with Gasteiger partial charge in [-0.2, -0.15) is 4.98 Å². The first-order valence-corrected chi connectivity index (χ1v) is 7.88. The van der Waals surface area contributed by atoms with E-state index in [9.17, 15) is 0 Å². The smallest absolute Gasteiger partial charge is 0.267 e. The Balaban J connectivity index is 1.63. The van der Waals surface area contributed by atoms with Crippen molar-refractivity contribution in [2.75, 3.05) is 0 Å². The molecule has 5 nitrogen and oxygen atoms in total. The molecule has 3 rings (SSSR count). The van der Waals surface area contributed by atoms with Crippen molar-refractivity contribution >= 4 is 28.9 Å². The molecule has 24 heavy (non-hydrogen) atoms. The van der Waals surface area contributed by atoms with Gasteiger partial charge in [-0.05, 0) is 36.8 Å². The zero-order chi connectivity index (χ0) is 16.9. The lowest BCUT2D eigenvalue weighted by molar-refractivity contribution is 0.105. The van der Waals surface area contributed by atoms with Crippen LogP contribution in [0.5, 0.6) is 0 Å². The standard InChI is InChI=1S/C17H13Cl2N3O2/c1-11(12-5-7-14(18)8-6-12)21-23-10-16-20-17(22-24-16)13-3-2-4-15(19)9-13/h2-9H,10H2,1H3/b21-11-. The Kier molecular flexibility index (Phi) is 5.13. The van der Waals surface area contributed by atoms with Crippen molar-refractivity contribution in [3.63, 3.8) is 0 Å². The highest BCUT2D eigenvalue weighted by Gasteiger charge is 2.09. The summed E-state index contributed by atoms with van der Waals surface area (Å²) in [6.07, 6.45) is 0. The van der Waals surface area contributed by atoms with Gasteiger partial charge in [-0.3, -0.25) is 0 Å². The summed E-state index contributed by atoms with van der Waals surface area (Å²) in [7, 11) is 0. The number of aromatic nitrogens is 2. The first-order chi connectivity index (χ1) is 11.6. The number of hydrogen-bond donors (Lipinski definition) is 0. The first kappa shape index (κ1) is 16.5. The molecule has 0 saturated heterocycles. The predicted octanol–water partition coefficient (Wildman–Crippen LogP) is 4.98. The number of rotatable bonds is 5. The molecule has 1 heterocycles. The van der Waals surface area contributed by atoms with E-state index in [2.05, 4.69) is 15.3 Å². The fourth-order valence-electron chi connectivity index (χ4n) is 1.99. The lowest BCUT2D eigenvalue weighted by Gasteiger charge is -2.00. The zero-order valence-corrected chi connectivity index (χ0v) is 14.3. The summed E-state index contributed by atoms with van der Waals surface area (Å²) in [5.74, 6) is 0.784. The summed E-state index contributed by atoms with van der Waals surface area (Å²) in [5.41, 5.74) is 2.42. The molecule has 0 aliphatic rings. The van der Waals surface area contributed by atoms with Gasteiger partial charge in [0.05, 0.1) is 5.71 Å². The Labute approximate surface area is 148 Å². The number of benzene rings is 2. The predicted molar refractivity (Wildman–Crippen MR) is 93.2 cm³/mol. The minimum absolute atomic E-state index is 0.0818. The molecule has 122 valence electrons. The van der Waals surface area contributed by atoms with Crippen LogP contribution in [0.2, 0.25) is 10.0 Å². The van der Waals surface area contributed by atoms with Crippen molar-refractivity contribution in [3.8, 4) is 11.4 Å². The van der Waals surface area contributed by atoms with Crippen LogP contribution >= 0.6 is 23.2 Å². The normalized spacial score (nSPS) is 11.5. The lowest BCUT2D eigenvalue weighted by Crippen LogP contribution is -1.96. The van der Waals surface area contributed by atoms with Crippen molar-refractivity contribution < 1.29 is 9.36 Å². The largest absolute Gasteiger partial charge is 0.385 e. The van der Waals surface area contributed by atoms with E-state index in [1.54, 1.807) is 24.3 Å². The van der Waals surface area contributed by atoms with Crippen LogP contribution in [0.4, 0.5) is 0 Å². The van der Waals surface area contributed by atoms with Crippen LogP contribution in [-0.4, -0.2) is 15.9 Å². The molecule has 0 amide bonds. The molecule has 0 unspecified atom stereocenters. The molecular formula is C17H13Cl2N3O2. The summed E-state index contributed by atoms with van der Waals surface area (Å²) in [6.45, 7) is 1.92. The number of nitrogens with zero attached hydrogens (tertiary/aromatic N) is 3. The Bertz CT molecular complexity index is 860. The van der Waals surface area contributed by atoms with Gasteiger partial charge in [0.2, 0.25) is 5.82 Å². The van der Waals surface area contributed by atoms with Crippen LogP contribution in [0, 0.1) is 0 Å². The Morgan fingerprint density at radius 3 is 2.67 bits per heavy atom. The van der Waals surface area contributed by atoms with E-state index in [0.717, 1.165) is 16.8 Å². The highest BCUT2D eigenvalue weighted by atomic mass is 35.5. The van der Waals surface area contributed by atoms with E-state index in [1.165, 1.54) is 0 Å². The molecule has 0 aliphatic heterocycles. The van der Waals surface area contributed by atoms with Crippen molar-refractivity contribution in [1.29, 1.82) is 0 Å². The molecule has 1 aromatic heterocycles. The van der Waals surface area contributed by atoms with Gasteiger partial charge in [-0.25, -0.2) is 0 Å². The molecule has 0 fully saturated rings. The first-order valence-electron chi connectivity index (χ1n) is 7.13. The summed E-state index contributed by atoms with van der Waals surface area (Å²) < 4.78 is 5.15. The quantitative estimate of drug-likeness (QED) is 0.474. The van der Waals surface area contributed by atoms with Gasteiger partial charge in [-0.1, -0.05) is 57.8 Å². The molecule has 0 bridgehead atoms. The molecular weight excluding hydrogens is 349 g/mol. The van der Waals surface area contributed by atoms with Gasteiger partial charge >= 0.3 is 0 Å². The van der Waals surface area contributed by atoms with Gasteiger partial charge in [0, 0.05) is 15.6 Å². The second kappa shape index (κ2) is 7.47. The Hall–Kier alpha value is -2.37. The lowest BCUT2D eigenvalue weighted by atomic mass is 10.1. The zero-order valence-electron chi connectivity index (χ0n) is 12.7. The van der Waals surface area contributed by atoms with Crippen molar-refractivity contribution in [3.05, 3.63) is 70.0 Å². The molecule has 0 aliphatic carbocycles. The molecule has 0 radical (unpaired) electrons. The van der Waals surface area contributed by atoms with E-state index >= 15 is 0 Å². The van der Waals surface area contributed by atoms with Crippen LogP contribution in [0.25, 0.3) is 11.4 Å². The Morgan fingerprint density at radius 1 is 1.12 bits per heavy atom. The third-order valence-electron chi connectivity index (χ3n) is 3.20. The number of hydrogen-bond acceptors (Lipinski definition) is 5. The fourth-order valence-corrected chi connectivity index (χ4v) is 2.30. The topological polar surface area (TPSA) is 60.5 Å². The second-order valence-corrected chi connectivity index (χ2v) is 5.85. The second-order valence-electron chi connectivity index (χ2n) is 4.98. The summed E-state index contributed by atoms with van der Waals surface area (Å²) in [4.78, 5) is 9.53. The number of halogens is 2. The highest BCUT2D eigenvalue weighted by Crippen LogP contribution is 2.20. The minimum Gasteiger partial charge on any atom is -0.385 e. The molecule has 2 aromatic carbocycles. The van der Waals surface area contributed by atoms with Crippen LogP contribution < -0.4 is 0 Å². The van der Waals surface area contributed by atoms with Crippen LogP contribution in [0.15, 0.2) is 58.2 Å². The van der Waals surface area contributed by atoms with Gasteiger partial charge in [-0.15, -0.1) is 0 Å². The maximum atomic E-state index is 5.95. The molecule has 7 heteroatoms. The SMILES string of the molecule is C/C(=N/OCc1nc(-c2cccc(Cl)c2)no1)c1ccc(Cl)cc1. The van der Waals surface area contributed by atoms with Crippen molar-refractivity contribution in [2.45, 2.75) is 13.5 Å². The maximum absolute atomic E-state index is 5.95. The van der Waals surface area contributed by atoms with Gasteiger partial charge < -0.3 is 9.36 Å². The summed E-state index contributed by atoms with van der Waals surface area (Å²) >= 11 is 11.8. The van der Waals surface area contributed by atoms with E-state index in [0.29, 0.717) is 21.8 Å². The van der Waals surface area contributed by atoms with E-state index < -0.39 is 0 Å². The molecule has 0 spiro atoms. The average molecular weight is 362 g/mol. The molecule has 3 aromatic rings. The third-order valence-corrected chi connectivity index (χ3v) is 3.69. The van der Waals surface area contributed by atoms with E-state index in [4.69, 9.17) is 32.6 Å². The van der Waals surface area contributed by atoms with E-state index in [-0.39, 0.29) is 6.61 Å². The van der Waals surface area contributed by atoms with E-state index in [1.807, 2.05) is 31.2 Å². The van der Waals surface area contributed by atoms with Gasteiger partial charge in [0.25, 0.3) is 5.89 Å². The van der Waals surface area contributed by atoms with Crippen molar-refractivity contribution in [2.24, 2.45) is 5.16 Å². The van der Waals surface area contributed by atoms with Gasteiger partial charge in [0.15, 0.2) is 6.61 Å². The molecule has 0 saturated carbocycles. The van der Waals surface area contributed by atoms with Crippen LogP contribution in [0.3, 0.4) is 0 Å². The van der Waals surface area contributed by atoms with Gasteiger partial charge in [0.1, 0.15) is 0 Å². The molecule has 0 atom stereocenters. The average Bonchev–Trinajstić information content (AvgIpc) is 3.04.